The molecule has 1 fully saturated rings. The van der Waals surface area contributed by atoms with E-state index in [9.17, 15) is 9.59 Å². The second kappa shape index (κ2) is 3.98. The van der Waals surface area contributed by atoms with Crippen LogP contribution >= 0.6 is 0 Å². The Balaban J connectivity index is 1.99. The van der Waals surface area contributed by atoms with Crippen molar-refractivity contribution in [2.24, 2.45) is 0 Å². The van der Waals surface area contributed by atoms with Crippen molar-refractivity contribution in [3.8, 4) is 0 Å². The van der Waals surface area contributed by atoms with Gasteiger partial charge in [-0.1, -0.05) is 0 Å². The van der Waals surface area contributed by atoms with Crippen LogP contribution in [0.1, 0.15) is 6.42 Å². The SMILES string of the molecule is CN1CCC(OC2=CC(=O)C=CC2=O)C1. The third kappa shape index (κ3) is 2.33. The molecule has 0 bridgehead atoms. The predicted octanol–water partition coefficient (Wildman–Crippen LogP) is 0.299. The summed E-state index contributed by atoms with van der Waals surface area (Å²) in [4.78, 5) is 24.5. The first-order valence-electron chi connectivity index (χ1n) is 4.98. The summed E-state index contributed by atoms with van der Waals surface area (Å²) in [6.45, 7) is 1.78. The number of carbonyl (C=O) groups is 2. The molecule has 0 amide bonds. The van der Waals surface area contributed by atoms with Crippen LogP contribution in [0.3, 0.4) is 0 Å². The van der Waals surface area contributed by atoms with E-state index in [1.807, 2.05) is 7.05 Å². The zero-order valence-electron chi connectivity index (χ0n) is 8.60. The lowest BCUT2D eigenvalue weighted by molar-refractivity contribution is -0.118. The molecule has 15 heavy (non-hydrogen) atoms. The molecular weight excluding hydrogens is 194 g/mol. The fraction of sp³-hybridized carbons (Fsp3) is 0.455. The van der Waals surface area contributed by atoms with Gasteiger partial charge < -0.3 is 9.64 Å². The number of ether oxygens (including phenoxy) is 1. The highest BCUT2D eigenvalue weighted by atomic mass is 16.5. The van der Waals surface area contributed by atoms with E-state index in [0.717, 1.165) is 19.5 Å². The number of hydrogen-bond donors (Lipinski definition) is 0. The third-order valence-corrected chi connectivity index (χ3v) is 2.56. The minimum atomic E-state index is -0.218. The van der Waals surface area contributed by atoms with E-state index in [1.165, 1.54) is 18.2 Å². The van der Waals surface area contributed by atoms with Crippen molar-refractivity contribution < 1.29 is 14.3 Å². The van der Waals surface area contributed by atoms with E-state index >= 15 is 0 Å². The second-order valence-corrected chi connectivity index (χ2v) is 3.90. The van der Waals surface area contributed by atoms with Gasteiger partial charge in [-0.05, 0) is 25.6 Å². The first kappa shape index (κ1) is 10.1. The van der Waals surface area contributed by atoms with Crippen molar-refractivity contribution in [2.75, 3.05) is 20.1 Å². The average Bonchev–Trinajstić information content (AvgIpc) is 2.58. The molecule has 0 N–H and O–H groups in total. The van der Waals surface area contributed by atoms with Crippen LogP contribution in [-0.2, 0) is 14.3 Å². The number of likely N-dealkylation sites (tertiary alicyclic amines) is 1. The van der Waals surface area contributed by atoms with Gasteiger partial charge >= 0.3 is 0 Å². The van der Waals surface area contributed by atoms with Gasteiger partial charge in [0.1, 0.15) is 6.10 Å². The van der Waals surface area contributed by atoms with Gasteiger partial charge in [0.2, 0.25) is 5.78 Å². The molecule has 80 valence electrons. The Morgan fingerprint density at radius 3 is 2.87 bits per heavy atom. The van der Waals surface area contributed by atoms with Gasteiger partial charge in [0.05, 0.1) is 0 Å². The highest BCUT2D eigenvalue weighted by molar-refractivity contribution is 6.16. The maximum Gasteiger partial charge on any atom is 0.220 e. The quantitative estimate of drug-likeness (QED) is 0.611. The Bertz CT molecular complexity index is 357. The molecule has 0 radical (unpaired) electrons. The van der Waals surface area contributed by atoms with Gasteiger partial charge in [-0.15, -0.1) is 0 Å². The zero-order chi connectivity index (χ0) is 10.8. The molecule has 1 heterocycles. The van der Waals surface area contributed by atoms with Crippen LogP contribution in [0.4, 0.5) is 0 Å². The van der Waals surface area contributed by atoms with Gasteiger partial charge in [-0.2, -0.15) is 0 Å². The Morgan fingerprint density at radius 2 is 2.20 bits per heavy atom. The fourth-order valence-electron chi connectivity index (χ4n) is 1.75. The molecule has 0 aromatic carbocycles. The minimum absolute atomic E-state index is 0.0319. The van der Waals surface area contributed by atoms with E-state index in [1.54, 1.807) is 0 Å². The summed E-state index contributed by atoms with van der Waals surface area (Å²) < 4.78 is 5.50. The smallest absolute Gasteiger partial charge is 0.220 e. The minimum Gasteiger partial charge on any atom is -0.485 e. The van der Waals surface area contributed by atoms with Gasteiger partial charge in [-0.3, -0.25) is 9.59 Å². The molecule has 2 aliphatic rings. The Labute approximate surface area is 88.2 Å². The maximum absolute atomic E-state index is 11.4. The van der Waals surface area contributed by atoms with Gasteiger partial charge in [-0.25, -0.2) is 0 Å². The Morgan fingerprint density at radius 1 is 1.40 bits per heavy atom. The van der Waals surface area contributed by atoms with Crippen molar-refractivity contribution in [1.29, 1.82) is 0 Å². The van der Waals surface area contributed by atoms with Crippen LogP contribution in [0.15, 0.2) is 24.0 Å². The van der Waals surface area contributed by atoms with Crippen molar-refractivity contribution in [2.45, 2.75) is 12.5 Å². The molecule has 0 saturated carbocycles. The standard InChI is InChI=1S/C11H13NO3/c1-12-5-4-9(7-12)15-11-6-8(13)2-3-10(11)14/h2-3,6,9H,4-5,7H2,1H3. The molecule has 0 aromatic heterocycles. The number of rotatable bonds is 2. The van der Waals surface area contributed by atoms with Crippen molar-refractivity contribution in [1.82, 2.24) is 4.90 Å². The van der Waals surface area contributed by atoms with Crippen molar-refractivity contribution >= 4 is 11.6 Å². The number of allylic oxidation sites excluding steroid dienone is 3. The van der Waals surface area contributed by atoms with Crippen LogP contribution in [0.2, 0.25) is 0 Å². The molecule has 1 aliphatic heterocycles. The molecule has 0 spiro atoms. The topological polar surface area (TPSA) is 46.6 Å². The van der Waals surface area contributed by atoms with Crippen molar-refractivity contribution in [3.05, 3.63) is 24.0 Å². The third-order valence-electron chi connectivity index (χ3n) is 2.56. The van der Waals surface area contributed by atoms with Gasteiger partial charge in [0.15, 0.2) is 11.5 Å². The Hall–Kier alpha value is -1.42. The molecular formula is C11H13NO3. The summed E-state index contributed by atoms with van der Waals surface area (Å²) in [6, 6.07) is 0. The molecule has 0 aromatic rings. The lowest BCUT2D eigenvalue weighted by Crippen LogP contribution is -2.22. The summed E-state index contributed by atoms with van der Waals surface area (Å²) in [7, 11) is 2.01. The van der Waals surface area contributed by atoms with E-state index in [-0.39, 0.29) is 23.4 Å². The van der Waals surface area contributed by atoms with Gasteiger partial charge in [0.25, 0.3) is 0 Å². The maximum atomic E-state index is 11.4. The Kier molecular flexibility index (Phi) is 2.68. The molecule has 1 atom stereocenters. The van der Waals surface area contributed by atoms with Gasteiger partial charge in [0, 0.05) is 19.2 Å². The first-order valence-corrected chi connectivity index (χ1v) is 4.98. The lowest BCUT2D eigenvalue weighted by Gasteiger charge is -2.15. The summed E-state index contributed by atoms with van der Waals surface area (Å²) in [6.07, 6.45) is 4.72. The molecule has 4 nitrogen and oxygen atoms in total. The summed E-state index contributed by atoms with van der Waals surface area (Å²) in [5, 5.41) is 0. The summed E-state index contributed by atoms with van der Waals surface area (Å²) in [5.41, 5.74) is 0. The average molecular weight is 207 g/mol. The van der Waals surface area contributed by atoms with E-state index in [4.69, 9.17) is 4.74 Å². The second-order valence-electron chi connectivity index (χ2n) is 3.90. The molecule has 2 rings (SSSR count). The monoisotopic (exact) mass is 207 g/mol. The fourth-order valence-corrected chi connectivity index (χ4v) is 1.75. The lowest BCUT2D eigenvalue weighted by atomic mass is 10.1. The molecule has 1 aliphatic carbocycles. The number of hydrogen-bond acceptors (Lipinski definition) is 4. The number of nitrogens with zero attached hydrogens (tertiary/aromatic N) is 1. The van der Waals surface area contributed by atoms with E-state index < -0.39 is 0 Å². The van der Waals surface area contributed by atoms with Crippen LogP contribution in [0.5, 0.6) is 0 Å². The highest BCUT2D eigenvalue weighted by Crippen LogP contribution is 2.16. The molecule has 1 saturated heterocycles. The number of ketones is 2. The predicted molar refractivity (Wildman–Crippen MR) is 54.2 cm³/mol. The normalized spacial score (nSPS) is 27.0. The van der Waals surface area contributed by atoms with E-state index in [0.29, 0.717) is 0 Å². The van der Waals surface area contributed by atoms with Crippen LogP contribution in [0, 0.1) is 0 Å². The summed E-state index contributed by atoms with van der Waals surface area (Å²) in [5.74, 6) is -0.220. The number of carbonyl (C=O) groups excluding carboxylic acids is 2. The zero-order valence-corrected chi connectivity index (χ0v) is 8.60. The highest BCUT2D eigenvalue weighted by Gasteiger charge is 2.24. The largest absolute Gasteiger partial charge is 0.485 e. The summed E-state index contributed by atoms with van der Waals surface area (Å²) >= 11 is 0. The van der Waals surface area contributed by atoms with Crippen LogP contribution in [-0.4, -0.2) is 42.7 Å². The first-order chi connectivity index (χ1) is 7.15. The van der Waals surface area contributed by atoms with Crippen LogP contribution < -0.4 is 0 Å². The molecule has 1 unspecified atom stereocenters. The van der Waals surface area contributed by atoms with Crippen molar-refractivity contribution in [3.63, 3.8) is 0 Å². The van der Waals surface area contributed by atoms with Crippen LogP contribution in [0.25, 0.3) is 0 Å². The molecule has 4 heteroatoms. The number of likely N-dealkylation sites (N-methyl/N-ethyl adjacent to an activating group) is 1. The van der Waals surface area contributed by atoms with E-state index in [2.05, 4.69) is 4.90 Å².